The number of ether oxygens (including phenoxy) is 4. The summed E-state index contributed by atoms with van der Waals surface area (Å²) in [4.78, 5) is 8.68. The van der Waals surface area contributed by atoms with Gasteiger partial charge in [0, 0.05) is 17.0 Å². The SMILES string of the molecule is COc1ccc(-c2nc(Cl)nc3cc(OC)c(OC)cc23)cc1OC. The molecule has 130 valence electrons. The Hall–Kier alpha value is -2.73. The van der Waals surface area contributed by atoms with Crippen molar-refractivity contribution >= 4 is 22.5 Å². The van der Waals surface area contributed by atoms with E-state index in [0.29, 0.717) is 34.2 Å². The summed E-state index contributed by atoms with van der Waals surface area (Å²) in [6.07, 6.45) is 0. The van der Waals surface area contributed by atoms with E-state index < -0.39 is 0 Å². The van der Waals surface area contributed by atoms with Crippen LogP contribution in [-0.2, 0) is 0 Å². The molecule has 0 radical (unpaired) electrons. The first-order valence-electron chi connectivity index (χ1n) is 7.43. The Kier molecular flexibility index (Phi) is 4.81. The van der Waals surface area contributed by atoms with Gasteiger partial charge in [0.2, 0.25) is 5.28 Å². The zero-order chi connectivity index (χ0) is 18.0. The van der Waals surface area contributed by atoms with Crippen LogP contribution in [-0.4, -0.2) is 38.4 Å². The number of fused-ring (bicyclic) bond motifs is 1. The molecule has 0 aliphatic rings. The standard InChI is InChI=1S/C18H17ClN2O4/c1-22-13-6-5-10(7-14(13)23-2)17-11-8-15(24-3)16(25-4)9-12(11)20-18(19)21-17/h5-9H,1-4H3. The number of hydrogen-bond acceptors (Lipinski definition) is 6. The Balaban J connectivity index is 2.28. The molecule has 0 atom stereocenters. The van der Waals surface area contributed by atoms with Gasteiger partial charge in [-0.1, -0.05) is 0 Å². The van der Waals surface area contributed by atoms with Gasteiger partial charge in [0.05, 0.1) is 39.6 Å². The third-order valence-corrected chi connectivity index (χ3v) is 4.00. The fraction of sp³-hybridized carbons (Fsp3) is 0.222. The predicted molar refractivity (Wildman–Crippen MR) is 96.2 cm³/mol. The summed E-state index contributed by atoms with van der Waals surface area (Å²) < 4.78 is 21.4. The number of methoxy groups -OCH3 is 4. The zero-order valence-electron chi connectivity index (χ0n) is 14.3. The smallest absolute Gasteiger partial charge is 0.223 e. The largest absolute Gasteiger partial charge is 0.493 e. The fourth-order valence-corrected chi connectivity index (χ4v) is 2.81. The minimum Gasteiger partial charge on any atom is -0.493 e. The summed E-state index contributed by atoms with van der Waals surface area (Å²) in [5.41, 5.74) is 2.14. The second-order valence-corrected chi connectivity index (χ2v) is 5.47. The fourth-order valence-electron chi connectivity index (χ4n) is 2.63. The molecule has 6 nitrogen and oxygen atoms in total. The first-order chi connectivity index (χ1) is 12.1. The van der Waals surface area contributed by atoms with Gasteiger partial charge in [0.25, 0.3) is 0 Å². The van der Waals surface area contributed by atoms with Crippen molar-refractivity contribution in [3.63, 3.8) is 0 Å². The van der Waals surface area contributed by atoms with Crippen molar-refractivity contribution in [2.75, 3.05) is 28.4 Å². The van der Waals surface area contributed by atoms with Crippen LogP contribution < -0.4 is 18.9 Å². The number of rotatable bonds is 5. The summed E-state index contributed by atoms with van der Waals surface area (Å²) in [5.74, 6) is 2.39. The summed E-state index contributed by atoms with van der Waals surface area (Å²) in [6.45, 7) is 0. The van der Waals surface area contributed by atoms with Crippen molar-refractivity contribution in [3.8, 4) is 34.3 Å². The number of aromatic nitrogens is 2. The van der Waals surface area contributed by atoms with Crippen molar-refractivity contribution < 1.29 is 18.9 Å². The van der Waals surface area contributed by atoms with Crippen LogP contribution in [0, 0.1) is 0 Å². The van der Waals surface area contributed by atoms with Gasteiger partial charge in [0.15, 0.2) is 23.0 Å². The maximum Gasteiger partial charge on any atom is 0.223 e. The van der Waals surface area contributed by atoms with Crippen molar-refractivity contribution in [2.24, 2.45) is 0 Å². The van der Waals surface area contributed by atoms with E-state index in [1.807, 2.05) is 24.3 Å². The van der Waals surface area contributed by atoms with Gasteiger partial charge in [-0.15, -0.1) is 0 Å². The predicted octanol–water partition coefficient (Wildman–Crippen LogP) is 3.98. The van der Waals surface area contributed by atoms with Gasteiger partial charge in [-0.25, -0.2) is 9.97 Å². The molecule has 3 rings (SSSR count). The quantitative estimate of drug-likeness (QED) is 0.641. The Bertz CT molecular complexity index is 931. The first kappa shape index (κ1) is 17.1. The van der Waals surface area contributed by atoms with Crippen molar-refractivity contribution in [1.29, 1.82) is 0 Å². The lowest BCUT2D eigenvalue weighted by atomic mass is 10.1. The average Bonchev–Trinajstić information content (AvgIpc) is 2.65. The van der Waals surface area contributed by atoms with E-state index in [4.69, 9.17) is 30.5 Å². The molecule has 7 heteroatoms. The summed E-state index contributed by atoms with van der Waals surface area (Å²) >= 11 is 6.12. The van der Waals surface area contributed by atoms with Crippen LogP contribution in [0.4, 0.5) is 0 Å². The number of nitrogens with zero attached hydrogens (tertiary/aromatic N) is 2. The van der Waals surface area contributed by atoms with Crippen LogP contribution in [0.15, 0.2) is 30.3 Å². The molecular formula is C18H17ClN2O4. The third-order valence-electron chi connectivity index (χ3n) is 3.83. The normalized spacial score (nSPS) is 10.6. The van der Waals surface area contributed by atoms with E-state index in [9.17, 15) is 0 Å². The van der Waals surface area contributed by atoms with E-state index in [0.717, 1.165) is 10.9 Å². The lowest BCUT2D eigenvalue weighted by molar-refractivity contribution is 0.355. The van der Waals surface area contributed by atoms with Crippen LogP contribution in [0.2, 0.25) is 5.28 Å². The topological polar surface area (TPSA) is 62.7 Å². The van der Waals surface area contributed by atoms with E-state index in [1.165, 1.54) is 0 Å². The van der Waals surface area contributed by atoms with Gasteiger partial charge in [0.1, 0.15) is 0 Å². The maximum absolute atomic E-state index is 6.12. The van der Waals surface area contributed by atoms with E-state index in [-0.39, 0.29) is 5.28 Å². The highest BCUT2D eigenvalue weighted by Crippen LogP contribution is 2.38. The number of halogens is 1. The molecule has 0 saturated carbocycles. The molecule has 0 N–H and O–H groups in total. The van der Waals surface area contributed by atoms with Gasteiger partial charge in [-0.3, -0.25) is 0 Å². The van der Waals surface area contributed by atoms with Crippen LogP contribution in [0.25, 0.3) is 22.2 Å². The van der Waals surface area contributed by atoms with Gasteiger partial charge in [-0.05, 0) is 35.9 Å². The van der Waals surface area contributed by atoms with Gasteiger partial charge >= 0.3 is 0 Å². The van der Waals surface area contributed by atoms with Crippen LogP contribution in [0.3, 0.4) is 0 Å². The molecule has 2 aromatic carbocycles. The second kappa shape index (κ2) is 7.03. The Morgan fingerprint density at radius 1 is 0.720 bits per heavy atom. The molecule has 1 aromatic heterocycles. The molecule has 25 heavy (non-hydrogen) atoms. The van der Waals surface area contributed by atoms with Gasteiger partial charge < -0.3 is 18.9 Å². The lowest BCUT2D eigenvalue weighted by Gasteiger charge is -2.13. The summed E-state index contributed by atoms with van der Waals surface area (Å²) in [6, 6.07) is 9.14. The highest BCUT2D eigenvalue weighted by Gasteiger charge is 2.15. The van der Waals surface area contributed by atoms with Crippen LogP contribution in [0.1, 0.15) is 0 Å². The molecule has 0 aliphatic heterocycles. The van der Waals surface area contributed by atoms with Crippen molar-refractivity contribution in [2.45, 2.75) is 0 Å². The Labute approximate surface area is 150 Å². The van der Waals surface area contributed by atoms with E-state index in [1.54, 1.807) is 34.5 Å². The van der Waals surface area contributed by atoms with Crippen LogP contribution in [0.5, 0.6) is 23.0 Å². The van der Waals surface area contributed by atoms with E-state index >= 15 is 0 Å². The molecular weight excluding hydrogens is 344 g/mol. The van der Waals surface area contributed by atoms with Crippen LogP contribution >= 0.6 is 11.6 Å². The molecule has 0 saturated heterocycles. The minimum atomic E-state index is 0.143. The lowest BCUT2D eigenvalue weighted by Crippen LogP contribution is -1.96. The highest BCUT2D eigenvalue weighted by molar-refractivity contribution is 6.28. The molecule has 0 amide bonds. The Morgan fingerprint density at radius 3 is 1.96 bits per heavy atom. The number of benzene rings is 2. The zero-order valence-corrected chi connectivity index (χ0v) is 15.0. The molecule has 0 bridgehead atoms. The van der Waals surface area contributed by atoms with Gasteiger partial charge in [-0.2, -0.15) is 0 Å². The van der Waals surface area contributed by atoms with Crippen molar-refractivity contribution in [1.82, 2.24) is 9.97 Å². The highest BCUT2D eigenvalue weighted by atomic mass is 35.5. The molecule has 0 aliphatic carbocycles. The first-order valence-corrected chi connectivity index (χ1v) is 7.80. The second-order valence-electron chi connectivity index (χ2n) is 5.14. The maximum atomic E-state index is 6.12. The molecule has 0 spiro atoms. The molecule has 0 unspecified atom stereocenters. The minimum absolute atomic E-state index is 0.143. The molecule has 1 heterocycles. The summed E-state index contributed by atoms with van der Waals surface area (Å²) in [7, 11) is 6.32. The van der Waals surface area contributed by atoms with Crippen molar-refractivity contribution in [3.05, 3.63) is 35.6 Å². The van der Waals surface area contributed by atoms with E-state index in [2.05, 4.69) is 9.97 Å². The summed E-state index contributed by atoms with van der Waals surface area (Å²) in [5, 5.41) is 0.929. The average molecular weight is 361 g/mol. The molecule has 0 fully saturated rings. The Morgan fingerprint density at radius 2 is 1.32 bits per heavy atom. The third kappa shape index (κ3) is 3.13. The monoisotopic (exact) mass is 360 g/mol. The number of hydrogen-bond donors (Lipinski definition) is 0. The molecule has 3 aromatic rings.